The molecule has 5 nitrogen and oxygen atoms in total. The van der Waals surface area contributed by atoms with Gasteiger partial charge in [0.1, 0.15) is 5.69 Å². The number of carbonyl (C=O) groups excluding carboxylic acids is 1. The molecule has 2 fully saturated rings. The molecule has 1 aromatic carbocycles. The number of piperidine rings is 1. The van der Waals surface area contributed by atoms with Gasteiger partial charge in [-0.05, 0) is 61.9 Å². The van der Waals surface area contributed by atoms with Gasteiger partial charge in [0.2, 0.25) is 0 Å². The van der Waals surface area contributed by atoms with Gasteiger partial charge in [-0.3, -0.25) is 4.79 Å². The Morgan fingerprint density at radius 1 is 0.931 bits per heavy atom. The number of nitrogens with zero attached hydrogens (tertiary/aromatic N) is 4. The molecule has 5 heteroatoms. The third-order valence-corrected chi connectivity index (χ3v) is 6.60. The van der Waals surface area contributed by atoms with E-state index >= 15 is 0 Å². The van der Waals surface area contributed by atoms with E-state index < -0.39 is 0 Å². The van der Waals surface area contributed by atoms with Crippen molar-refractivity contribution in [2.45, 2.75) is 33.6 Å². The molecule has 29 heavy (non-hydrogen) atoms. The maximum atomic E-state index is 12.7. The minimum Gasteiger partial charge on any atom is -0.368 e. The summed E-state index contributed by atoms with van der Waals surface area (Å²) >= 11 is 0. The van der Waals surface area contributed by atoms with E-state index in [4.69, 9.17) is 0 Å². The van der Waals surface area contributed by atoms with E-state index in [1.807, 2.05) is 17.2 Å². The molecule has 0 bridgehead atoms. The molecule has 0 radical (unpaired) electrons. The predicted molar refractivity (Wildman–Crippen MR) is 119 cm³/mol. The Balaban J connectivity index is 1.37. The van der Waals surface area contributed by atoms with Crippen LogP contribution < -0.4 is 9.80 Å². The van der Waals surface area contributed by atoms with Crippen LogP contribution in [0, 0.1) is 19.8 Å². The van der Waals surface area contributed by atoms with Gasteiger partial charge in [0.05, 0.1) is 11.9 Å². The molecule has 2 aromatic rings. The van der Waals surface area contributed by atoms with E-state index in [9.17, 15) is 4.79 Å². The fourth-order valence-electron chi connectivity index (χ4n) is 4.36. The normalized spacial score (nSPS) is 18.2. The topological polar surface area (TPSA) is 39.7 Å². The van der Waals surface area contributed by atoms with Gasteiger partial charge in [-0.15, -0.1) is 0 Å². The Bertz CT molecular complexity index is 848. The van der Waals surface area contributed by atoms with Crippen molar-refractivity contribution >= 4 is 17.3 Å². The van der Waals surface area contributed by atoms with E-state index in [0.29, 0.717) is 5.69 Å². The molecule has 1 aromatic heterocycles. The standard InChI is InChI=1S/C24H32N4O/c1-18-9-11-28(12-10-18)24(29)22-8-7-21(17-25-22)26-13-15-27(16-14-26)23-6-4-5-19(2)20(23)3/h4-8,17-18H,9-16H2,1-3H3. The number of anilines is 2. The minimum absolute atomic E-state index is 0.0724. The van der Waals surface area contributed by atoms with Gasteiger partial charge in [-0.2, -0.15) is 0 Å². The van der Waals surface area contributed by atoms with Gasteiger partial charge < -0.3 is 14.7 Å². The highest BCUT2D eigenvalue weighted by molar-refractivity contribution is 5.92. The molecule has 154 valence electrons. The van der Waals surface area contributed by atoms with Gasteiger partial charge >= 0.3 is 0 Å². The van der Waals surface area contributed by atoms with Crippen LogP contribution >= 0.6 is 0 Å². The Morgan fingerprint density at radius 2 is 1.62 bits per heavy atom. The third-order valence-electron chi connectivity index (χ3n) is 6.60. The number of hydrogen-bond donors (Lipinski definition) is 0. The summed E-state index contributed by atoms with van der Waals surface area (Å²) in [6.07, 6.45) is 4.05. The molecule has 2 aliphatic rings. The van der Waals surface area contributed by atoms with Crippen LogP contribution in [0.2, 0.25) is 0 Å². The van der Waals surface area contributed by atoms with E-state index in [-0.39, 0.29) is 5.91 Å². The number of hydrogen-bond acceptors (Lipinski definition) is 4. The summed E-state index contributed by atoms with van der Waals surface area (Å²) in [4.78, 5) is 24.0. The van der Waals surface area contributed by atoms with E-state index in [1.54, 1.807) is 0 Å². The fraction of sp³-hybridized carbons (Fsp3) is 0.500. The average molecular weight is 393 g/mol. The van der Waals surface area contributed by atoms with Gasteiger partial charge in [-0.25, -0.2) is 4.98 Å². The molecule has 3 heterocycles. The van der Waals surface area contributed by atoms with Crippen molar-refractivity contribution in [2.75, 3.05) is 49.1 Å². The van der Waals surface area contributed by atoms with Gasteiger partial charge in [-0.1, -0.05) is 19.1 Å². The molecule has 0 saturated carbocycles. The van der Waals surface area contributed by atoms with E-state index in [2.05, 4.69) is 59.8 Å². The second-order valence-electron chi connectivity index (χ2n) is 8.57. The summed E-state index contributed by atoms with van der Waals surface area (Å²) in [5, 5.41) is 0. The molecule has 0 atom stereocenters. The highest BCUT2D eigenvalue weighted by Gasteiger charge is 2.23. The number of aryl methyl sites for hydroxylation is 1. The number of rotatable bonds is 3. The smallest absolute Gasteiger partial charge is 0.272 e. The molecule has 2 saturated heterocycles. The Hall–Kier alpha value is -2.56. The van der Waals surface area contributed by atoms with Crippen LogP contribution in [0.25, 0.3) is 0 Å². The highest BCUT2D eigenvalue weighted by atomic mass is 16.2. The first-order valence-corrected chi connectivity index (χ1v) is 10.8. The second kappa shape index (κ2) is 8.44. The van der Waals surface area contributed by atoms with E-state index in [0.717, 1.165) is 63.7 Å². The zero-order valence-corrected chi connectivity index (χ0v) is 17.9. The van der Waals surface area contributed by atoms with E-state index in [1.165, 1.54) is 16.8 Å². The molecule has 0 N–H and O–H groups in total. The first-order chi connectivity index (χ1) is 14.0. The number of pyridine rings is 1. The molecular formula is C24H32N4O. The van der Waals surface area contributed by atoms with Crippen LogP contribution in [0.4, 0.5) is 11.4 Å². The molecule has 4 rings (SSSR count). The maximum absolute atomic E-state index is 12.7. The lowest BCUT2D eigenvalue weighted by atomic mass is 9.99. The van der Waals surface area contributed by atoms with Crippen molar-refractivity contribution in [3.8, 4) is 0 Å². The first-order valence-electron chi connectivity index (χ1n) is 10.8. The molecule has 0 unspecified atom stereocenters. The number of benzene rings is 1. The summed E-state index contributed by atoms with van der Waals surface area (Å²) in [6, 6.07) is 10.5. The van der Waals surface area contributed by atoms with Crippen LogP contribution in [-0.4, -0.2) is 55.1 Å². The molecular weight excluding hydrogens is 360 g/mol. The zero-order valence-electron chi connectivity index (χ0n) is 17.9. The SMILES string of the molecule is Cc1cccc(N2CCN(c3ccc(C(=O)N4CCC(C)CC4)nc3)CC2)c1C. The van der Waals surface area contributed by atoms with Crippen LogP contribution in [0.1, 0.15) is 41.4 Å². The molecule has 1 amide bonds. The number of carbonyl (C=O) groups is 1. The number of piperazine rings is 1. The summed E-state index contributed by atoms with van der Waals surface area (Å²) in [7, 11) is 0. The Morgan fingerprint density at radius 3 is 2.28 bits per heavy atom. The van der Waals surface area contributed by atoms with Crippen LogP contribution in [0.5, 0.6) is 0 Å². The Kier molecular flexibility index (Phi) is 5.74. The lowest BCUT2D eigenvalue weighted by molar-refractivity contribution is 0.0691. The van der Waals surface area contributed by atoms with Crippen LogP contribution in [0.15, 0.2) is 36.5 Å². The molecule has 2 aliphatic heterocycles. The fourth-order valence-corrected chi connectivity index (χ4v) is 4.36. The zero-order chi connectivity index (χ0) is 20.4. The summed E-state index contributed by atoms with van der Waals surface area (Å²) < 4.78 is 0. The van der Waals surface area contributed by atoms with Crippen molar-refractivity contribution in [3.05, 3.63) is 53.3 Å². The summed E-state index contributed by atoms with van der Waals surface area (Å²) in [5.41, 5.74) is 5.74. The molecule has 0 spiro atoms. The summed E-state index contributed by atoms with van der Waals surface area (Å²) in [6.45, 7) is 12.3. The highest BCUT2D eigenvalue weighted by Crippen LogP contribution is 2.25. The lowest BCUT2D eigenvalue weighted by Crippen LogP contribution is -2.46. The number of likely N-dealkylation sites (tertiary alicyclic amines) is 1. The number of amides is 1. The Labute approximate surface area is 174 Å². The van der Waals surface area contributed by atoms with Crippen molar-refractivity contribution in [1.29, 1.82) is 0 Å². The quantitative estimate of drug-likeness (QED) is 0.794. The van der Waals surface area contributed by atoms with Crippen molar-refractivity contribution in [2.24, 2.45) is 5.92 Å². The molecule has 0 aliphatic carbocycles. The van der Waals surface area contributed by atoms with Crippen LogP contribution in [-0.2, 0) is 0 Å². The maximum Gasteiger partial charge on any atom is 0.272 e. The minimum atomic E-state index is 0.0724. The van der Waals surface area contributed by atoms with Crippen LogP contribution in [0.3, 0.4) is 0 Å². The van der Waals surface area contributed by atoms with Crippen molar-refractivity contribution < 1.29 is 4.79 Å². The number of aromatic nitrogens is 1. The van der Waals surface area contributed by atoms with Gasteiger partial charge in [0, 0.05) is 45.0 Å². The largest absolute Gasteiger partial charge is 0.368 e. The average Bonchev–Trinajstić information content (AvgIpc) is 2.76. The monoisotopic (exact) mass is 392 g/mol. The predicted octanol–water partition coefficient (Wildman–Crippen LogP) is 3.90. The second-order valence-corrected chi connectivity index (χ2v) is 8.57. The van der Waals surface area contributed by atoms with Crippen molar-refractivity contribution in [1.82, 2.24) is 9.88 Å². The van der Waals surface area contributed by atoms with Gasteiger partial charge in [0.15, 0.2) is 0 Å². The lowest BCUT2D eigenvalue weighted by Gasteiger charge is -2.38. The summed E-state index contributed by atoms with van der Waals surface area (Å²) in [5.74, 6) is 0.792. The van der Waals surface area contributed by atoms with Crippen molar-refractivity contribution in [3.63, 3.8) is 0 Å². The third kappa shape index (κ3) is 4.24. The van der Waals surface area contributed by atoms with Gasteiger partial charge in [0.25, 0.3) is 5.91 Å². The first kappa shape index (κ1) is 19.7.